The molecule has 1 aromatic rings. The number of nitrogens with one attached hydrogen (secondary N) is 1. The van der Waals surface area contributed by atoms with Crippen LogP contribution in [0.1, 0.15) is 25.0 Å². The van der Waals surface area contributed by atoms with Crippen molar-refractivity contribution in [3.63, 3.8) is 0 Å². The fraction of sp³-hybridized carbons (Fsp3) is 0.727. The van der Waals surface area contributed by atoms with E-state index in [4.69, 9.17) is 4.74 Å². The molecule has 4 nitrogen and oxygen atoms in total. The van der Waals surface area contributed by atoms with Crippen LogP contribution in [0, 0.1) is 0 Å². The summed E-state index contributed by atoms with van der Waals surface area (Å²) in [4.78, 5) is 0. The van der Waals surface area contributed by atoms with Crippen molar-refractivity contribution in [1.82, 2.24) is 15.1 Å². The van der Waals surface area contributed by atoms with Crippen molar-refractivity contribution in [3.8, 4) is 5.75 Å². The Balaban J connectivity index is 2.35. The van der Waals surface area contributed by atoms with Gasteiger partial charge in [-0.15, -0.1) is 0 Å². The first kappa shape index (κ1) is 11.4. The van der Waals surface area contributed by atoms with Gasteiger partial charge in [-0.3, -0.25) is 4.68 Å². The molecule has 2 rings (SSSR count). The highest BCUT2D eigenvalue weighted by Crippen LogP contribution is 2.40. The predicted molar refractivity (Wildman–Crippen MR) is 59.3 cm³/mol. The summed E-state index contributed by atoms with van der Waals surface area (Å²) in [6.07, 6.45) is 3.42. The number of aryl methyl sites for hydroxylation is 1. The van der Waals surface area contributed by atoms with Crippen LogP contribution in [0.2, 0.25) is 0 Å². The van der Waals surface area contributed by atoms with Gasteiger partial charge in [-0.05, 0) is 32.4 Å². The summed E-state index contributed by atoms with van der Waals surface area (Å²) in [7, 11) is 3.32. The second kappa shape index (κ2) is 4.41. The lowest BCUT2D eigenvalue weighted by atomic mass is 9.92. The molecule has 1 fully saturated rings. The number of methoxy groups -OCH3 is 1. The molecule has 1 unspecified atom stereocenters. The van der Waals surface area contributed by atoms with E-state index in [0.29, 0.717) is 30.8 Å². The van der Waals surface area contributed by atoms with E-state index in [2.05, 4.69) is 10.4 Å². The molecule has 1 aliphatic rings. The minimum atomic E-state index is -1.32. The SMILES string of the molecule is COc1cnn(C)c1C1(F)CCCNCC1. The second-order valence-corrected chi connectivity index (χ2v) is 4.25. The summed E-state index contributed by atoms with van der Waals surface area (Å²) in [5.74, 6) is 0.548. The Hall–Kier alpha value is -1.10. The first-order valence-electron chi connectivity index (χ1n) is 5.63. The van der Waals surface area contributed by atoms with Gasteiger partial charge >= 0.3 is 0 Å². The lowest BCUT2D eigenvalue weighted by molar-refractivity contribution is 0.128. The molecule has 0 radical (unpaired) electrons. The van der Waals surface area contributed by atoms with Crippen molar-refractivity contribution in [2.45, 2.75) is 24.9 Å². The van der Waals surface area contributed by atoms with Crippen LogP contribution >= 0.6 is 0 Å². The highest BCUT2D eigenvalue weighted by molar-refractivity contribution is 5.31. The normalized spacial score (nSPS) is 26.4. The van der Waals surface area contributed by atoms with Crippen molar-refractivity contribution in [2.24, 2.45) is 7.05 Å². The van der Waals surface area contributed by atoms with Crippen molar-refractivity contribution in [1.29, 1.82) is 0 Å². The average Bonchev–Trinajstić information content (AvgIpc) is 2.51. The maximum atomic E-state index is 14.9. The van der Waals surface area contributed by atoms with Crippen molar-refractivity contribution < 1.29 is 9.13 Å². The van der Waals surface area contributed by atoms with Crippen LogP contribution < -0.4 is 10.1 Å². The summed E-state index contributed by atoms with van der Waals surface area (Å²) in [6.45, 7) is 1.58. The van der Waals surface area contributed by atoms with Gasteiger partial charge in [0.15, 0.2) is 11.4 Å². The molecule has 1 N–H and O–H groups in total. The molecule has 0 aliphatic carbocycles. The second-order valence-electron chi connectivity index (χ2n) is 4.25. The van der Waals surface area contributed by atoms with Crippen LogP contribution in [0.5, 0.6) is 5.75 Å². The highest BCUT2D eigenvalue weighted by atomic mass is 19.1. The van der Waals surface area contributed by atoms with Gasteiger partial charge < -0.3 is 10.1 Å². The maximum absolute atomic E-state index is 14.9. The lowest BCUT2D eigenvalue weighted by Gasteiger charge is -2.24. The minimum Gasteiger partial charge on any atom is -0.493 e. The minimum absolute atomic E-state index is 0.475. The highest BCUT2D eigenvalue weighted by Gasteiger charge is 2.38. The van der Waals surface area contributed by atoms with Gasteiger partial charge in [0.2, 0.25) is 0 Å². The van der Waals surface area contributed by atoms with E-state index >= 15 is 0 Å². The molecule has 1 aliphatic heterocycles. The topological polar surface area (TPSA) is 39.1 Å². The Morgan fingerprint density at radius 2 is 2.31 bits per heavy atom. The van der Waals surface area contributed by atoms with E-state index in [0.717, 1.165) is 13.0 Å². The van der Waals surface area contributed by atoms with Crippen LogP contribution in [-0.4, -0.2) is 30.0 Å². The number of halogens is 1. The van der Waals surface area contributed by atoms with Gasteiger partial charge in [0.05, 0.1) is 13.3 Å². The standard InChI is InChI=1S/C11H18FN3O/c1-15-10(9(16-2)8-14-15)11(12)4-3-6-13-7-5-11/h8,13H,3-7H2,1-2H3. The van der Waals surface area contributed by atoms with E-state index in [1.54, 1.807) is 25.0 Å². The number of nitrogens with zero attached hydrogens (tertiary/aromatic N) is 2. The molecule has 0 bridgehead atoms. The van der Waals surface area contributed by atoms with Gasteiger partial charge in [0, 0.05) is 7.05 Å². The molecule has 90 valence electrons. The van der Waals surface area contributed by atoms with Gasteiger partial charge in [-0.25, -0.2) is 4.39 Å². The zero-order chi connectivity index (χ0) is 11.6. The molecule has 0 aromatic carbocycles. The monoisotopic (exact) mass is 227 g/mol. The van der Waals surface area contributed by atoms with Gasteiger partial charge in [0.25, 0.3) is 0 Å². The fourth-order valence-electron chi connectivity index (χ4n) is 2.34. The summed E-state index contributed by atoms with van der Waals surface area (Å²) in [5, 5.41) is 7.28. The van der Waals surface area contributed by atoms with Crippen molar-refractivity contribution in [2.75, 3.05) is 20.2 Å². The van der Waals surface area contributed by atoms with E-state index < -0.39 is 5.67 Å². The van der Waals surface area contributed by atoms with Crippen LogP contribution in [-0.2, 0) is 12.7 Å². The van der Waals surface area contributed by atoms with Gasteiger partial charge in [0.1, 0.15) is 5.69 Å². The van der Waals surface area contributed by atoms with Crippen LogP contribution in [0.15, 0.2) is 6.20 Å². The average molecular weight is 227 g/mol. The van der Waals surface area contributed by atoms with Gasteiger partial charge in [-0.1, -0.05) is 0 Å². The quantitative estimate of drug-likeness (QED) is 0.829. The third-order valence-electron chi connectivity index (χ3n) is 3.17. The molecule has 1 atom stereocenters. The van der Waals surface area contributed by atoms with Crippen LogP contribution in [0.4, 0.5) is 4.39 Å². The fourth-order valence-corrected chi connectivity index (χ4v) is 2.34. The maximum Gasteiger partial charge on any atom is 0.163 e. The Morgan fingerprint density at radius 3 is 3.06 bits per heavy atom. The smallest absolute Gasteiger partial charge is 0.163 e. The number of rotatable bonds is 2. The zero-order valence-electron chi connectivity index (χ0n) is 9.79. The first-order valence-corrected chi connectivity index (χ1v) is 5.63. The summed E-state index contributed by atoms with van der Waals surface area (Å²) < 4.78 is 21.7. The Bertz CT molecular complexity index is 356. The summed E-state index contributed by atoms with van der Waals surface area (Å²) >= 11 is 0. The van der Waals surface area contributed by atoms with E-state index in [-0.39, 0.29) is 0 Å². The molecular formula is C11H18FN3O. The Kier molecular flexibility index (Phi) is 3.14. The molecular weight excluding hydrogens is 209 g/mol. The first-order chi connectivity index (χ1) is 7.67. The third kappa shape index (κ3) is 1.91. The predicted octanol–water partition coefficient (Wildman–Crippen LogP) is 1.37. The summed E-state index contributed by atoms with van der Waals surface area (Å²) in [5.41, 5.74) is -0.751. The number of aromatic nitrogens is 2. The van der Waals surface area contributed by atoms with E-state index in [9.17, 15) is 4.39 Å². The Labute approximate surface area is 94.8 Å². The number of ether oxygens (including phenoxy) is 1. The molecule has 1 aromatic heterocycles. The number of hydrogen-bond acceptors (Lipinski definition) is 3. The lowest BCUT2D eigenvalue weighted by Crippen LogP contribution is -2.25. The van der Waals surface area contributed by atoms with E-state index in [1.165, 1.54) is 0 Å². The molecule has 1 saturated heterocycles. The number of alkyl halides is 1. The zero-order valence-corrected chi connectivity index (χ0v) is 9.79. The Morgan fingerprint density at radius 1 is 1.50 bits per heavy atom. The molecule has 5 heteroatoms. The van der Waals surface area contributed by atoms with Gasteiger partial charge in [-0.2, -0.15) is 5.10 Å². The molecule has 0 saturated carbocycles. The third-order valence-corrected chi connectivity index (χ3v) is 3.17. The number of hydrogen-bond donors (Lipinski definition) is 1. The van der Waals surface area contributed by atoms with Crippen LogP contribution in [0.3, 0.4) is 0 Å². The molecule has 2 heterocycles. The van der Waals surface area contributed by atoms with Crippen molar-refractivity contribution >= 4 is 0 Å². The molecule has 16 heavy (non-hydrogen) atoms. The largest absolute Gasteiger partial charge is 0.493 e. The van der Waals surface area contributed by atoms with Crippen molar-refractivity contribution in [3.05, 3.63) is 11.9 Å². The molecule has 0 spiro atoms. The van der Waals surface area contributed by atoms with Crippen LogP contribution in [0.25, 0.3) is 0 Å². The van der Waals surface area contributed by atoms with E-state index in [1.807, 2.05) is 0 Å². The summed E-state index contributed by atoms with van der Waals surface area (Å²) in [6, 6.07) is 0. The molecule has 0 amide bonds.